The monoisotopic (exact) mass is 283 g/mol. The zero-order valence-corrected chi connectivity index (χ0v) is 11.6. The number of nitrogens with two attached hydrogens (primary N) is 1. The van der Waals surface area contributed by atoms with Crippen molar-refractivity contribution in [1.82, 2.24) is 5.32 Å². The molecule has 0 aliphatic heterocycles. The molecule has 0 aliphatic rings. The zero-order valence-electron chi connectivity index (χ0n) is 10.8. The summed E-state index contributed by atoms with van der Waals surface area (Å²) in [6, 6.07) is 5.23. The second kappa shape index (κ2) is 7.63. The summed E-state index contributed by atoms with van der Waals surface area (Å²) in [5.74, 6) is 0.0613. The van der Waals surface area contributed by atoms with Crippen molar-refractivity contribution < 1.29 is 10.0 Å². The molecule has 1 aromatic carbocycles. The fraction of sp³-hybridized carbons (Fsp3) is 0.385. The van der Waals surface area contributed by atoms with Gasteiger partial charge in [0.25, 0.3) is 5.91 Å². The molecule has 0 spiro atoms. The van der Waals surface area contributed by atoms with Gasteiger partial charge in [0.15, 0.2) is 0 Å². The minimum atomic E-state index is -0.144. The molecule has 4 N–H and O–H groups in total. The van der Waals surface area contributed by atoms with E-state index < -0.39 is 0 Å². The molecule has 19 heavy (non-hydrogen) atoms. The predicted molar refractivity (Wildman–Crippen MR) is 75.8 cm³/mol. The van der Waals surface area contributed by atoms with Crippen LogP contribution in [-0.2, 0) is 0 Å². The molecule has 1 amide bonds. The van der Waals surface area contributed by atoms with Gasteiger partial charge in [-0.1, -0.05) is 16.8 Å². The van der Waals surface area contributed by atoms with E-state index in [4.69, 9.17) is 22.5 Å². The second-order valence-corrected chi connectivity index (χ2v) is 4.76. The SMILES string of the molecule is Cc1cc(Cl)cc(C(=O)NCCCC/C(N)=N/O)c1. The van der Waals surface area contributed by atoms with Crippen molar-refractivity contribution in [2.75, 3.05) is 6.54 Å². The molecule has 0 fully saturated rings. The van der Waals surface area contributed by atoms with Gasteiger partial charge >= 0.3 is 0 Å². The maximum atomic E-state index is 11.8. The number of oxime groups is 1. The molecule has 0 atom stereocenters. The first-order chi connectivity index (χ1) is 9.02. The molecule has 0 bridgehead atoms. The van der Waals surface area contributed by atoms with Crippen LogP contribution in [0.3, 0.4) is 0 Å². The number of carbonyl (C=O) groups excluding carboxylic acids is 1. The number of benzene rings is 1. The number of aryl methyl sites for hydroxylation is 1. The normalized spacial score (nSPS) is 11.4. The highest BCUT2D eigenvalue weighted by Gasteiger charge is 2.06. The van der Waals surface area contributed by atoms with Crippen LogP contribution in [0.1, 0.15) is 35.2 Å². The number of amides is 1. The summed E-state index contributed by atoms with van der Waals surface area (Å²) in [5.41, 5.74) is 6.84. The average molecular weight is 284 g/mol. The van der Waals surface area contributed by atoms with Gasteiger partial charge in [0.1, 0.15) is 5.84 Å². The van der Waals surface area contributed by atoms with Gasteiger partial charge < -0.3 is 16.3 Å². The van der Waals surface area contributed by atoms with Gasteiger partial charge in [0, 0.05) is 23.6 Å². The summed E-state index contributed by atoms with van der Waals surface area (Å²) < 4.78 is 0. The quantitative estimate of drug-likeness (QED) is 0.246. The third-order valence-corrected chi connectivity index (χ3v) is 2.80. The second-order valence-electron chi connectivity index (χ2n) is 4.32. The first-order valence-corrected chi connectivity index (χ1v) is 6.42. The molecular formula is C13H18ClN3O2. The Morgan fingerprint density at radius 1 is 1.42 bits per heavy atom. The van der Waals surface area contributed by atoms with Crippen molar-refractivity contribution in [3.63, 3.8) is 0 Å². The van der Waals surface area contributed by atoms with Crippen LogP contribution in [0, 0.1) is 6.92 Å². The molecular weight excluding hydrogens is 266 g/mol. The van der Waals surface area contributed by atoms with Crippen molar-refractivity contribution in [1.29, 1.82) is 0 Å². The Labute approximate surface area is 117 Å². The predicted octanol–water partition coefficient (Wildman–Crippen LogP) is 2.29. The van der Waals surface area contributed by atoms with Crippen LogP contribution < -0.4 is 11.1 Å². The van der Waals surface area contributed by atoms with E-state index >= 15 is 0 Å². The van der Waals surface area contributed by atoms with Gasteiger partial charge in [-0.2, -0.15) is 0 Å². The number of hydrogen-bond donors (Lipinski definition) is 3. The summed E-state index contributed by atoms with van der Waals surface area (Å²) in [4.78, 5) is 11.8. The largest absolute Gasteiger partial charge is 0.409 e. The van der Waals surface area contributed by atoms with E-state index in [1.807, 2.05) is 6.92 Å². The van der Waals surface area contributed by atoms with E-state index in [0.717, 1.165) is 18.4 Å². The molecule has 6 heteroatoms. The first-order valence-electron chi connectivity index (χ1n) is 6.04. The van der Waals surface area contributed by atoms with E-state index in [1.165, 1.54) is 0 Å². The Morgan fingerprint density at radius 3 is 2.79 bits per heavy atom. The van der Waals surface area contributed by atoms with Gasteiger partial charge in [-0.25, -0.2) is 0 Å². The fourth-order valence-corrected chi connectivity index (χ4v) is 1.94. The van der Waals surface area contributed by atoms with Crippen LogP contribution in [0.5, 0.6) is 0 Å². The fourth-order valence-electron chi connectivity index (χ4n) is 1.65. The molecule has 0 radical (unpaired) electrons. The van der Waals surface area contributed by atoms with E-state index in [-0.39, 0.29) is 11.7 Å². The van der Waals surface area contributed by atoms with Crippen molar-refractivity contribution in [2.24, 2.45) is 10.9 Å². The minimum absolute atomic E-state index is 0.144. The minimum Gasteiger partial charge on any atom is -0.409 e. The highest BCUT2D eigenvalue weighted by atomic mass is 35.5. The van der Waals surface area contributed by atoms with Crippen LogP contribution in [0.2, 0.25) is 5.02 Å². The smallest absolute Gasteiger partial charge is 0.251 e. The number of hydrogen-bond acceptors (Lipinski definition) is 3. The van der Waals surface area contributed by atoms with Gasteiger partial charge in [0.05, 0.1) is 0 Å². The number of unbranched alkanes of at least 4 members (excludes halogenated alkanes) is 1. The van der Waals surface area contributed by atoms with Crippen molar-refractivity contribution >= 4 is 23.3 Å². The lowest BCUT2D eigenvalue weighted by Gasteiger charge is -2.06. The molecule has 0 aromatic heterocycles. The van der Waals surface area contributed by atoms with Crippen LogP contribution in [0.4, 0.5) is 0 Å². The number of nitrogens with zero attached hydrogens (tertiary/aromatic N) is 1. The third kappa shape index (κ3) is 5.61. The first kappa shape index (κ1) is 15.3. The van der Waals surface area contributed by atoms with Crippen molar-refractivity contribution in [3.05, 3.63) is 34.3 Å². The molecule has 1 aromatic rings. The Morgan fingerprint density at radius 2 is 2.16 bits per heavy atom. The van der Waals surface area contributed by atoms with Crippen molar-refractivity contribution in [3.8, 4) is 0 Å². The Kier molecular flexibility index (Phi) is 6.15. The number of amidine groups is 1. The standard InChI is InChI=1S/C13H18ClN3O2/c1-9-6-10(8-11(14)7-9)13(18)16-5-3-2-4-12(15)17-19/h6-8,19H,2-5H2,1H3,(H2,15,17)(H,16,18). The van der Waals surface area contributed by atoms with E-state index in [9.17, 15) is 4.79 Å². The van der Waals surface area contributed by atoms with E-state index in [0.29, 0.717) is 23.6 Å². The lowest BCUT2D eigenvalue weighted by atomic mass is 10.1. The maximum Gasteiger partial charge on any atom is 0.251 e. The van der Waals surface area contributed by atoms with Gasteiger partial charge in [-0.3, -0.25) is 4.79 Å². The highest BCUT2D eigenvalue weighted by Crippen LogP contribution is 2.14. The van der Waals surface area contributed by atoms with Crippen LogP contribution >= 0.6 is 11.6 Å². The lowest BCUT2D eigenvalue weighted by Crippen LogP contribution is -2.24. The van der Waals surface area contributed by atoms with E-state index in [2.05, 4.69) is 10.5 Å². The molecule has 0 saturated heterocycles. The van der Waals surface area contributed by atoms with Gasteiger partial charge in [-0.05, 0) is 43.5 Å². The van der Waals surface area contributed by atoms with Gasteiger partial charge in [-0.15, -0.1) is 0 Å². The van der Waals surface area contributed by atoms with Crippen molar-refractivity contribution in [2.45, 2.75) is 26.2 Å². The summed E-state index contributed by atoms with van der Waals surface area (Å²) in [5, 5.41) is 14.6. The van der Waals surface area contributed by atoms with Crippen LogP contribution in [-0.4, -0.2) is 23.5 Å². The number of nitrogens with one attached hydrogen (secondary N) is 1. The third-order valence-electron chi connectivity index (χ3n) is 2.58. The summed E-state index contributed by atoms with van der Waals surface area (Å²) >= 11 is 5.90. The molecule has 0 saturated carbocycles. The van der Waals surface area contributed by atoms with E-state index in [1.54, 1.807) is 18.2 Å². The average Bonchev–Trinajstić information content (AvgIpc) is 2.36. The Hall–Kier alpha value is -1.75. The summed E-state index contributed by atoms with van der Waals surface area (Å²) in [6.07, 6.45) is 2.04. The molecule has 104 valence electrons. The Balaban J connectivity index is 2.35. The topological polar surface area (TPSA) is 87.7 Å². The highest BCUT2D eigenvalue weighted by molar-refractivity contribution is 6.31. The zero-order chi connectivity index (χ0) is 14.3. The lowest BCUT2D eigenvalue weighted by molar-refractivity contribution is 0.0953. The van der Waals surface area contributed by atoms with Crippen LogP contribution in [0.15, 0.2) is 23.4 Å². The molecule has 0 unspecified atom stereocenters. The maximum absolute atomic E-state index is 11.8. The summed E-state index contributed by atoms with van der Waals surface area (Å²) in [7, 11) is 0. The molecule has 0 aliphatic carbocycles. The Bertz CT molecular complexity index is 455. The molecule has 1 rings (SSSR count). The molecule has 5 nitrogen and oxygen atoms in total. The van der Waals surface area contributed by atoms with Gasteiger partial charge in [0.2, 0.25) is 0 Å². The van der Waals surface area contributed by atoms with Crippen LogP contribution in [0.25, 0.3) is 0 Å². The number of carbonyl (C=O) groups is 1. The summed E-state index contributed by atoms with van der Waals surface area (Å²) in [6.45, 7) is 2.43. The molecule has 0 heterocycles. The number of halogens is 1. The number of rotatable bonds is 6.